The summed E-state index contributed by atoms with van der Waals surface area (Å²) in [5, 5.41) is 0. The van der Waals surface area contributed by atoms with Crippen LogP contribution in [-0.2, 0) is 9.53 Å². The lowest BCUT2D eigenvalue weighted by Gasteiger charge is -2.21. The Bertz CT molecular complexity index is 143. The first-order valence-corrected chi connectivity index (χ1v) is 4.96. The average Bonchev–Trinajstić information content (AvgIpc) is 2.05. The molecule has 0 bridgehead atoms. The van der Waals surface area contributed by atoms with Gasteiger partial charge in [0.05, 0.1) is 12.7 Å². The Morgan fingerprint density at radius 2 is 2.33 bits per heavy atom. The van der Waals surface area contributed by atoms with Crippen molar-refractivity contribution in [2.24, 2.45) is 0 Å². The molecule has 0 aromatic carbocycles. The summed E-state index contributed by atoms with van der Waals surface area (Å²) in [5.74, 6) is 0.378. The molecule has 12 heavy (non-hydrogen) atoms. The van der Waals surface area contributed by atoms with E-state index in [1.165, 1.54) is 19.3 Å². The lowest BCUT2D eigenvalue weighted by atomic mass is 10.0. The van der Waals surface area contributed by atoms with Crippen molar-refractivity contribution in [3.05, 3.63) is 0 Å². The van der Waals surface area contributed by atoms with Gasteiger partial charge in [-0.2, -0.15) is 0 Å². The van der Waals surface area contributed by atoms with Crippen LogP contribution in [0, 0.1) is 0 Å². The summed E-state index contributed by atoms with van der Waals surface area (Å²) in [6.07, 6.45) is 6.29. The van der Waals surface area contributed by atoms with Gasteiger partial charge in [0, 0.05) is 12.8 Å². The number of unbranched alkanes of at least 4 members (excludes halogenated alkanes) is 2. The maximum absolute atomic E-state index is 11.0. The van der Waals surface area contributed by atoms with Crippen LogP contribution in [0.25, 0.3) is 0 Å². The van der Waals surface area contributed by atoms with Crippen molar-refractivity contribution in [2.45, 2.75) is 51.6 Å². The zero-order chi connectivity index (χ0) is 8.81. The molecule has 2 heteroatoms. The summed E-state index contributed by atoms with van der Waals surface area (Å²) in [5.41, 5.74) is 0. The molecule has 1 rings (SSSR count). The van der Waals surface area contributed by atoms with E-state index in [-0.39, 0.29) is 6.10 Å². The zero-order valence-electron chi connectivity index (χ0n) is 7.84. The highest BCUT2D eigenvalue weighted by molar-refractivity contribution is 5.79. The van der Waals surface area contributed by atoms with E-state index < -0.39 is 0 Å². The van der Waals surface area contributed by atoms with E-state index in [0.29, 0.717) is 25.2 Å². The van der Waals surface area contributed by atoms with Crippen molar-refractivity contribution in [2.75, 3.05) is 6.61 Å². The minimum atomic E-state index is 0.234. The predicted molar refractivity (Wildman–Crippen MR) is 48.1 cm³/mol. The highest BCUT2D eigenvalue weighted by atomic mass is 16.5. The summed E-state index contributed by atoms with van der Waals surface area (Å²) in [6, 6.07) is 0. The summed E-state index contributed by atoms with van der Waals surface area (Å²) in [6.45, 7) is 2.84. The van der Waals surface area contributed by atoms with Gasteiger partial charge in [-0.1, -0.05) is 26.2 Å². The predicted octanol–water partition coefficient (Wildman–Crippen LogP) is 2.31. The van der Waals surface area contributed by atoms with Gasteiger partial charge in [-0.15, -0.1) is 0 Å². The fourth-order valence-corrected chi connectivity index (χ4v) is 1.56. The van der Waals surface area contributed by atoms with E-state index in [4.69, 9.17) is 4.74 Å². The third kappa shape index (κ3) is 3.35. The molecule has 1 aliphatic rings. The van der Waals surface area contributed by atoms with Gasteiger partial charge in [0.2, 0.25) is 0 Å². The lowest BCUT2D eigenvalue weighted by Crippen LogP contribution is -2.25. The Labute approximate surface area is 74.3 Å². The first kappa shape index (κ1) is 9.72. The van der Waals surface area contributed by atoms with Crippen LogP contribution in [-0.4, -0.2) is 18.5 Å². The number of ether oxygens (including phenoxy) is 1. The molecular formula is C10H18O2. The van der Waals surface area contributed by atoms with E-state index in [0.717, 1.165) is 6.42 Å². The van der Waals surface area contributed by atoms with Crippen LogP contribution >= 0.6 is 0 Å². The number of rotatable bonds is 4. The Kier molecular flexibility index (Phi) is 4.30. The molecule has 0 aromatic rings. The number of Topliss-reactive ketones (excluding diaryl/α,β-unsaturated/α-hetero) is 1. The van der Waals surface area contributed by atoms with Crippen molar-refractivity contribution in [3.63, 3.8) is 0 Å². The van der Waals surface area contributed by atoms with Crippen molar-refractivity contribution in [1.82, 2.24) is 0 Å². The van der Waals surface area contributed by atoms with E-state index >= 15 is 0 Å². The van der Waals surface area contributed by atoms with Gasteiger partial charge in [0.25, 0.3) is 0 Å². The lowest BCUT2D eigenvalue weighted by molar-refractivity contribution is -0.128. The van der Waals surface area contributed by atoms with E-state index in [9.17, 15) is 4.79 Å². The van der Waals surface area contributed by atoms with Gasteiger partial charge >= 0.3 is 0 Å². The molecular weight excluding hydrogens is 152 g/mol. The summed E-state index contributed by atoms with van der Waals surface area (Å²) in [7, 11) is 0. The van der Waals surface area contributed by atoms with Crippen molar-refractivity contribution < 1.29 is 9.53 Å². The summed E-state index contributed by atoms with van der Waals surface area (Å²) in [4.78, 5) is 11.0. The third-order valence-electron chi connectivity index (χ3n) is 2.32. The first-order valence-electron chi connectivity index (χ1n) is 4.96. The van der Waals surface area contributed by atoms with Crippen molar-refractivity contribution in [1.29, 1.82) is 0 Å². The second kappa shape index (κ2) is 5.31. The molecule has 0 spiro atoms. The summed E-state index contributed by atoms with van der Waals surface area (Å²) >= 11 is 0. The van der Waals surface area contributed by atoms with Crippen LogP contribution in [0.2, 0.25) is 0 Å². The minimum Gasteiger partial charge on any atom is -0.377 e. The molecule has 1 saturated heterocycles. The molecule has 0 amide bonds. The molecule has 0 N–H and O–H groups in total. The van der Waals surface area contributed by atoms with Gasteiger partial charge in [-0.3, -0.25) is 4.79 Å². The molecule has 1 atom stereocenters. The van der Waals surface area contributed by atoms with Crippen LogP contribution in [0.5, 0.6) is 0 Å². The van der Waals surface area contributed by atoms with E-state index in [2.05, 4.69) is 6.92 Å². The molecule has 1 fully saturated rings. The zero-order valence-corrected chi connectivity index (χ0v) is 7.84. The summed E-state index contributed by atoms with van der Waals surface area (Å²) < 4.78 is 5.47. The van der Waals surface area contributed by atoms with Gasteiger partial charge in [-0.05, 0) is 6.42 Å². The Balaban J connectivity index is 2.10. The van der Waals surface area contributed by atoms with Gasteiger partial charge < -0.3 is 4.74 Å². The fraction of sp³-hybridized carbons (Fsp3) is 0.900. The largest absolute Gasteiger partial charge is 0.377 e. The topological polar surface area (TPSA) is 26.3 Å². The van der Waals surface area contributed by atoms with Crippen LogP contribution in [0.1, 0.15) is 45.4 Å². The quantitative estimate of drug-likeness (QED) is 0.605. The number of ketones is 1. The smallest absolute Gasteiger partial charge is 0.137 e. The molecule has 2 nitrogen and oxygen atoms in total. The third-order valence-corrected chi connectivity index (χ3v) is 2.32. The maximum atomic E-state index is 11.0. The van der Waals surface area contributed by atoms with E-state index in [1.54, 1.807) is 0 Å². The SMILES string of the molecule is CCCCCC1CC(=O)CCO1. The standard InChI is InChI=1S/C10H18O2/c1-2-3-4-5-10-8-9(11)6-7-12-10/h10H,2-8H2,1H3. The second-order valence-corrected chi connectivity index (χ2v) is 3.48. The van der Waals surface area contributed by atoms with Crippen LogP contribution in [0.3, 0.4) is 0 Å². The number of carbonyl (C=O) groups is 1. The number of hydrogen-bond donors (Lipinski definition) is 0. The first-order chi connectivity index (χ1) is 5.83. The Morgan fingerprint density at radius 3 is 3.00 bits per heavy atom. The highest BCUT2D eigenvalue weighted by Gasteiger charge is 2.18. The van der Waals surface area contributed by atoms with Crippen molar-refractivity contribution in [3.8, 4) is 0 Å². The number of carbonyl (C=O) groups excluding carboxylic acids is 1. The van der Waals surface area contributed by atoms with Gasteiger partial charge in [0.1, 0.15) is 5.78 Å². The van der Waals surface area contributed by atoms with Crippen LogP contribution in [0.15, 0.2) is 0 Å². The molecule has 70 valence electrons. The fourth-order valence-electron chi connectivity index (χ4n) is 1.56. The molecule has 1 unspecified atom stereocenters. The molecule has 0 saturated carbocycles. The van der Waals surface area contributed by atoms with Crippen molar-refractivity contribution >= 4 is 5.78 Å². The Morgan fingerprint density at radius 1 is 1.50 bits per heavy atom. The Hall–Kier alpha value is -0.370. The highest BCUT2D eigenvalue weighted by Crippen LogP contribution is 2.15. The van der Waals surface area contributed by atoms with Crippen LogP contribution < -0.4 is 0 Å². The van der Waals surface area contributed by atoms with E-state index in [1.807, 2.05) is 0 Å². The van der Waals surface area contributed by atoms with Gasteiger partial charge in [0.15, 0.2) is 0 Å². The average molecular weight is 170 g/mol. The van der Waals surface area contributed by atoms with Gasteiger partial charge in [-0.25, -0.2) is 0 Å². The number of hydrogen-bond acceptors (Lipinski definition) is 2. The monoisotopic (exact) mass is 170 g/mol. The molecule has 1 heterocycles. The maximum Gasteiger partial charge on any atom is 0.137 e. The normalized spacial score (nSPS) is 24.4. The molecule has 0 aliphatic carbocycles. The molecule has 1 aliphatic heterocycles. The molecule has 0 aromatic heterocycles. The van der Waals surface area contributed by atoms with Crippen LogP contribution in [0.4, 0.5) is 0 Å². The molecule has 0 radical (unpaired) electrons. The second-order valence-electron chi connectivity index (χ2n) is 3.48. The minimum absolute atomic E-state index is 0.234.